The predicted octanol–water partition coefficient (Wildman–Crippen LogP) is 1.61. The van der Waals surface area contributed by atoms with Gasteiger partial charge in [-0.25, -0.2) is 0 Å². The Balaban J connectivity index is 2.27. The monoisotopic (exact) mass is 278 g/mol. The maximum absolute atomic E-state index is 11.9. The largest absolute Gasteiger partial charge is 0.469 e. The van der Waals surface area contributed by atoms with Crippen LogP contribution in [0.15, 0.2) is 24.3 Å². The summed E-state index contributed by atoms with van der Waals surface area (Å²) in [6.07, 6.45) is 2.11. The van der Waals surface area contributed by atoms with Gasteiger partial charge in [0, 0.05) is 32.1 Å². The third-order valence-electron chi connectivity index (χ3n) is 3.14. The standard InChI is InChI=1S/C15H22N2O3/c1-17(11-3-4-15(19)20-2)14(18)10-7-12-5-8-13(16)9-6-12/h5-6,8-9H,3-4,7,10-11,16H2,1-2H3. The van der Waals surface area contributed by atoms with Crippen LogP contribution < -0.4 is 5.73 Å². The molecule has 0 bridgehead atoms. The summed E-state index contributed by atoms with van der Waals surface area (Å²) < 4.78 is 4.55. The van der Waals surface area contributed by atoms with E-state index in [0.717, 1.165) is 11.3 Å². The van der Waals surface area contributed by atoms with E-state index in [0.29, 0.717) is 32.2 Å². The number of nitrogens with zero attached hydrogens (tertiary/aromatic N) is 1. The average molecular weight is 278 g/mol. The number of carbonyl (C=O) groups excluding carboxylic acids is 2. The second-order valence-electron chi connectivity index (χ2n) is 4.74. The Morgan fingerprint density at radius 3 is 2.45 bits per heavy atom. The van der Waals surface area contributed by atoms with Crippen LogP contribution in [0.5, 0.6) is 0 Å². The minimum absolute atomic E-state index is 0.0756. The number of hydrogen-bond acceptors (Lipinski definition) is 4. The van der Waals surface area contributed by atoms with Crippen LogP contribution in [-0.2, 0) is 20.7 Å². The summed E-state index contributed by atoms with van der Waals surface area (Å²) in [6, 6.07) is 7.53. The molecule has 0 heterocycles. The van der Waals surface area contributed by atoms with Crippen molar-refractivity contribution in [3.05, 3.63) is 29.8 Å². The molecule has 1 amide bonds. The predicted molar refractivity (Wildman–Crippen MR) is 78.1 cm³/mol. The lowest BCUT2D eigenvalue weighted by atomic mass is 10.1. The first-order valence-electron chi connectivity index (χ1n) is 6.68. The summed E-state index contributed by atoms with van der Waals surface area (Å²) in [5, 5.41) is 0. The van der Waals surface area contributed by atoms with Crippen molar-refractivity contribution in [1.82, 2.24) is 4.90 Å². The van der Waals surface area contributed by atoms with Crippen LogP contribution in [0.4, 0.5) is 5.69 Å². The molecule has 5 heteroatoms. The molecule has 0 aromatic heterocycles. The normalized spacial score (nSPS) is 10.1. The lowest BCUT2D eigenvalue weighted by Gasteiger charge is -2.16. The van der Waals surface area contributed by atoms with Gasteiger partial charge in [0.25, 0.3) is 0 Å². The minimum Gasteiger partial charge on any atom is -0.469 e. The van der Waals surface area contributed by atoms with E-state index in [1.807, 2.05) is 24.3 Å². The van der Waals surface area contributed by atoms with Gasteiger partial charge in [0.05, 0.1) is 7.11 Å². The number of ether oxygens (including phenoxy) is 1. The molecule has 110 valence electrons. The lowest BCUT2D eigenvalue weighted by Crippen LogP contribution is -2.28. The molecule has 1 aromatic rings. The van der Waals surface area contributed by atoms with Gasteiger partial charge in [-0.1, -0.05) is 12.1 Å². The van der Waals surface area contributed by atoms with Gasteiger partial charge in [0.1, 0.15) is 0 Å². The van der Waals surface area contributed by atoms with Gasteiger partial charge in [-0.2, -0.15) is 0 Å². The molecule has 1 aromatic carbocycles. The van der Waals surface area contributed by atoms with Crippen LogP contribution in [0.2, 0.25) is 0 Å². The van der Waals surface area contributed by atoms with Crippen molar-refractivity contribution >= 4 is 17.6 Å². The van der Waals surface area contributed by atoms with Gasteiger partial charge < -0.3 is 15.4 Å². The van der Waals surface area contributed by atoms with E-state index in [9.17, 15) is 9.59 Å². The molecule has 20 heavy (non-hydrogen) atoms. The number of carbonyl (C=O) groups is 2. The van der Waals surface area contributed by atoms with E-state index in [2.05, 4.69) is 4.74 Å². The van der Waals surface area contributed by atoms with Gasteiger partial charge >= 0.3 is 5.97 Å². The van der Waals surface area contributed by atoms with E-state index in [1.54, 1.807) is 11.9 Å². The SMILES string of the molecule is COC(=O)CCCN(C)C(=O)CCc1ccc(N)cc1. The van der Waals surface area contributed by atoms with E-state index < -0.39 is 0 Å². The maximum Gasteiger partial charge on any atom is 0.305 e. The summed E-state index contributed by atoms with van der Waals surface area (Å²) in [7, 11) is 3.12. The van der Waals surface area contributed by atoms with Crippen molar-refractivity contribution in [2.45, 2.75) is 25.7 Å². The van der Waals surface area contributed by atoms with Crippen molar-refractivity contribution in [3.8, 4) is 0 Å². The summed E-state index contributed by atoms with van der Waals surface area (Å²) in [6.45, 7) is 0.565. The highest BCUT2D eigenvalue weighted by molar-refractivity contribution is 5.76. The molecule has 0 fully saturated rings. The first-order valence-corrected chi connectivity index (χ1v) is 6.68. The van der Waals surface area contributed by atoms with E-state index >= 15 is 0 Å². The molecular formula is C15H22N2O3. The third kappa shape index (κ3) is 5.73. The Kier molecular flexibility index (Phi) is 6.56. The zero-order chi connectivity index (χ0) is 15.0. The van der Waals surface area contributed by atoms with E-state index in [4.69, 9.17) is 5.73 Å². The van der Waals surface area contributed by atoms with Crippen LogP contribution in [0.25, 0.3) is 0 Å². The number of hydrogen-bond donors (Lipinski definition) is 1. The molecule has 0 aliphatic carbocycles. The van der Waals surface area contributed by atoms with Gasteiger partial charge in [-0.05, 0) is 30.5 Å². The molecule has 0 atom stereocenters. The highest BCUT2D eigenvalue weighted by Crippen LogP contribution is 2.08. The summed E-state index contributed by atoms with van der Waals surface area (Å²) >= 11 is 0. The molecular weight excluding hydrogens is 256 g/mol. The van der Waals surface area contributed by atoms with Crippen LogP contribution >= 0.6 is 0 Å². The Morgan fingerprint density at radius 2 is 1.85 bits per heavy atom. The molecule has 0 unspecified atom stereocenters. The van der Waals surface area contributed by atoms with Crippen LogP contribution in [-0.4, -0.2) is 37.5 Å². The minimum atomic E-state index is -0.243. The van der Waals surface area contributed by atoms with Crippen molar-refractivity contribution in [2.75, 3.05) is 26.4 Å². The number of esters is 1. The topological polar surface area (TPSA) is 72.6 Å². The average Bonchev–Trinajstić information content (AvgIpc) is 2.45. The zero-order valence-corrected chi connectivity index (χ0v) is 12.1. The van der Waals surface area contributed by atoms with Crippen molar-refractivity contribution in [3.63, 3.8) is 0 Å². The molecule has 0 spiro atoms. The fraction of sp³-hybridized carbons (Fsp3) is 0.467. The smallest absolute Gasteiger partial charge is 0.305 e. The van der Waals surface area contributed by atoms with Gasteiger partial charge in [-0.3, -0.25) is 9.59 Å². The number of benzene rings is 1. The molecule has 0 aliphatic rings. The number of nitrogens with two attached hydrogens (primary N) is 1. The maximum atomic E-state index is 11.9. The molecule has 2 N–H and O–H groups in total. The molecule has 1 rings (SSSR count). The fourth-order valence-electron chi connectivity index (χ4n) is 1.81. The van der Waals surface area contributed by atoms with Crippen LogP contribution in [0, 0.1) is 0 Å². The summed E-state index contributed by atoms with van der Waals surface area (Å²) in [5.74, 6) is -0.167. The van der Waals surface area contributed by atoms with Gasteiger partial charge in [-0.15, -0.1) is 0 Å². The second kappa shape index (κ2) is 8.19. The Bertz CT molecular complexity index is 443. The van der Waals surface area contributed by atoms with E-state index in [1.165, 1.54) is 7.11 Å². The quantitative estimate of drug-likeness (QED) is 0.607. The number of amides is 1. The van der Waals surface area contributed by atoms with Crippen molar-refractivity contribution < 1.29 is 14.3 Å². The number of nitrogen functional groups attached to an aromatic ring is 1. The Labute approximate surface area is 119 Å². The number of anilines is 1. The van der Waals surface area contributed by atoms with E-state index in [-0.39, 0.29) is 11.9 Å². The van der Waals surface area contributed by atoms with Crippen molar-refractivity contribution in [1.29, 1.82) is 0 Å². The fourth-order valence-corrected chi connectivity index (χ4v) is 1.81. The highest BCUT2D eigenvalue weighted by Gasteiger charge is 2.09. The lowest BCUT2D eigenvalue weighted by molar-refractivity contribution is -0.141. The zero-order valence-electron chi connectivity index (χ0n) is 12.1. The van der Waals surface area contributed by atoms with Crippen LogP contribution in [0.3, 0.4) is 0 Å². The van der Waals surface area contributed by atoms with Crippen LogP contribution in [0.1, 0.15) is 24.8 Å². The first-order chi connectivity index (χ1) is 9.52. The Hall–Kier alpha value is -2.04. The highest BCUT2D eigenvalue weighted by atomic mass is 16.5. The molecule has 0 saturated carbocycles. The van der Waals surface area contributed by atoms with Crippen molar-refractivity contribution in [2.24, 2.45) is 0 Å². The molecule has 5 nitrogen and oxygen atoms in total. The summed E-state index contributed by atoms with van der Waals surface area (Å²) in [5.41, 5.74) is 7.42. The van der Waals surface area contributed by atoms with Gasteiger partial charge in [0.15, 0.2) is 0 Å². The Morgan fingerprint density at radius 1 is 1.20 bits per heavy atom. The second-order valence-corrected chi connectivity index (χ2v) is 4.74. The number of methoxy groups -OCH3 is 1. The number of rotatable bonds is 7. The molecule has 0 radical (unpaired) electrons. The number of aryl methyl sites for hydroxylation is 1. The first kappa shape index (κ1) is 16.0. The molecule has 0 aliphatic heterocycles. The van der Waals surface area contributed by atoms with Gasteiger partial charge in [0.2, 0.25) is 5.91 Å². The summed E-state index contributed by atoms with van der Waals surface area (Å²) in [4.78, 5) is 24.5. The molecule has 0 saturated heterocycles. The third-order valence-corrected chi connectivity index (χ3v) is 3.14.